The van der Waals surface area contributed by atoms with Gasteiger partial charge in [-0.3, -0.25) is 4.79 Å². The van der Waals surface area contributed by atoms with Crippen molar-refractivity contribution in [1.29, 1.82) is 0 Å². The van der Waals surface area contributed by atoms with E-state index in [0.717, 1.165) is 16.7 Å². The molecule has 1 heterocycles. The summed E-state index contributed by atoms with van der Waals surface area (Å²) in [5, 5.41) is 8.53. The summed E-state index contributed by atoms with van der Waals surface area (Å²) in [5.41, 5.74) is 9.72. The standard InChI is InChI=1S/C23H18N4OS/c24-22(28)21(18-14-8-3-9-15-18)29-23-25-19(16-10-4-1-5-11-16)20(26-27-23)17-12-6-2-7-13-17/h1-15,21H,(H2,24,28)/t21-/m1/s1. The fourth-order valence-electron chi connectivity index (χ4n) is 2.97. The molecule has 5 nitrogen and oxygen atoms in total. The first kappa shape index (κ1) is 18.8. The van der Waals surface area contributed by atoms with Crippen molar-refractivity contribution < 1.29 is 4.79 Å². The Balaban J connectivity index is 1.77. The van der Waals surface area contributed by atoms with E-state index < -0.39 is 11.2 Å². The van der Waals surface area contributed by atoms with Crippen molar-refractivity contribution in [2.24, 2.45) is 5.73 Å². The maximum Gasteiger partial charge on any atom is 0.235 e. The van der Waals surface area contributed by atoms with Gasteiger partial charge in [-0.25, -0.2) is 4.98 Å². The molecule has 3 aromatic carbocycles. The molecule has 1 atom stereocenters. The Morgan fingerprint density at radius 1 is 0.724 bits per heavy atom. The lowest BCUT2D eigenvalue weighted by atomic mass is 10.0. The lowest BCUT2D eigenvalue weighted by molar-refractivity contribution is -0.117. The Hall–Kier alpha value is -3.51. The zero-order valence-corrected chi connectivity index (χ0v) is 16.3. The Morgan fingerprint density at radius 3 is 1.79 bits per heavy atom. The fourth-order valence-corrected chi connectivity index (χ4v) is 3.82. The molecule has 0 radical (unpaired) electrons. The first-order chi connectivity index (χ1) is 14.2. The van der Waals surface area contributed by atoms with Crippen molar-refractivity contribution in [3.8, 4) is 22.5 Å². The van der Waals surface area contributed by atoms with E-state index in [2.05, 4.69) is 10.2 Å². The minimum atomic E-state index is -0.593. The van der Waals surface area contributed by atoms with Crippen molar-refractivity contribution >= 4 is 17.7 Å². The molecule has 0 fully saturated rings. The smallest absolute Gasteiger partial charge is 0.235 e. The van der Waals surface area contributed by atoms with Gasteiger partial charge in [0, 0.05) is 11.1 Å². The van der Waals surface area contributed by atoms with E-state index >= 15 is 0 Å². The van der Waals surface area contributed by atoms with Gasteiger partial charge in [0.1, 0.15) is 16.6 Å². The van der Waals surface area contributed by atoms with Gasteiger partial charge >= 0.3 is 0 Å². The van der Waals surface area contributed by atoms with Crippen LogP contribution in [0, 0.1) is 0 Å². The number of hydrogen-bond acceptors (Lipinski definition) is 5. The van der Waals surface area contributed by atoms with Crippen LogP contribution in [-0.4, -0.2) is 21.1 Å². The van der Waals surface area contributed by atoms with Crippen molar-refractivity contribution in [3.05, 3.63) is 96.6 Å². The summed E-state index contributed by atoms with van der Waals surface area (Å²) in [4.78, 5) is 16.8. The van der Waals surface area contributed by atoms with E-state index in [9.17, 15) is 4.79 Å². The minimum absolute atomic E-state index is 0.399. The molecule has 1 amide bonds. The highest BCUT2D eigenvalue weighted by Crippen LogP contribution is 2.35. The van der Waals surface area contributed by atoms with Crippen LogP contribution in [0.2, 0.25) is 0 Å². The molecule has 29 heavy (non-hydrogen) atoms. The minimum Gasteiger partial charge on any atom is -0.368 e. The number of benzene rings is 3. The molecule has 0 aliphatic rings. The third kappa shape index (κ3) is 4.33. The SMILES string of the molecule is NC(=O)[C@H](Sc1nnc(-c2ccccc2)c(-c2ccccc2)n1)c1ccccc1. The van der Waals surface area contributed by atoms with Crippen LogP contribution in [0.15, 0.2) is 96.2 Å². The van der Waals surface area contributed by atoms with Crippen LogP contribution in [0.1, 0.15) is 10.8 Å². The Labute approximate surface area is 173 Å². The zero-order chi connectivity index (χ0) is 20.1. The van der Waals surface area contributed by atoms with Gasteiger partial charge in [0.15, 0.2) is 0 Å². The molecule has 0 spiro atoms. The van der Waals surface area contributed by atoms with Crippen molar-refractivity contribution in [2.45, 2.75) is 10.4 Å². The molecule has 1 aromatic heterocycles. The van der Waals surface area contributed by atoms with Gasteiger partial charge in [0.2, 0.25) is 11.1 Å². The second-order valence-electron chi connectivity index (χ2n) is 6.33. The maximum atomic E-state index is 12.1. The van der Waals surface area contributed by atoms with E-state index in [-0.39, 0.29) is 0 Å². The molecular formula is C23H18N4OS. The Bertz CT molecular complexity index is 1110. The number of carbonyl (C=O) groups excluding carboxylic acids is 1. The monoisotopic (exact) mass is 398 g/mol. The van der Waals surface area contributed by atoms with Gasteiger partial charge in [-0.2, -0.15) is 0 Å². The van der Waals surface area contributed by atoms with Crippen LogP contribution in [0.4, 0.5) is 0 Å². The van der Waals surface area contributed by atoms with Gasteiger partial charge in [-0.15, -0.1) is 10.2 Å². The molecular weight excluding hydrogens is 380 g/mol. The van der Waals surface area contributed by atoms with Gasteiger partial charge in [-0.1, -0.05) is 103 Å². The van der Waals surface area contributed by atoms with Crippen LogP contribution in [0.3, 0.4) is 0 Å². The average molecular weight is 398 g/mol. The average Bonchev–Trinajstić information content (AvgIpc) is 2.79. The summed E-state index contributed by atoms with van der Waals surface area (Å²) in [6.45, 7) is 0. The number of amides is 1. The highest BCUT2D eigenvalue weighted by Gasteiger charge is 2.22. The molecule has 0 saturated carbocycles. The molecule has 4 aromatic rings. The Morgan fingerprint density at radius 2 is 1.24 bits per heavy atom. The third-order valence-electron chi connectivity index (χ3n) is 4.35. The largest absolute Gasteiger partial charge is 0.368 e. The summed E-state index contributed by atoms with van der Waals surface area (Å²) in [6, 6.07) is 29.0. The zero-order valence-electron chi connectivity index (χ0n) is 15.5. The highest BCUT2D eigenvalue weighted by molar-refractivity contribution is 8.00. The number of hydrogen-bond donors (Lipinski definition) is 1. The Kier molecular flexibility index (Phi) is 5.63. The lowest BCUT2D eigenvalue weighted by Gasteiger charge is -2.14. The molecule has 4 rings (SSSR count). The van der Waals surface area contributed by atoms with Crippen molar-refractivity contribution in [2.75, 3.05) is 0 Å². The number of nitrogens with two attached hydrogens (primary N) is 1. The molecule has 0 aliphatic carbocycles. The predicted molar refractivity (Wildman–Crippen MR) is 115 cm³/mol. The molecule has 142 valence electrons. The summed E-state index contributed by atoms with van der Waals surface area (Å²) >= 11 is 1.20. The van der Waals surface area contributed by atoms with Gasteiger partial charge in [0.05, 0.1) is 0 Å². The molecule has 0 bridgehead atoms. The molecule has 0 aliphatic heterocycles. The third-order valence-corrected chi connectivity index (χ3v) is 5.47. The first-order valence-corrected chi connectivity index (χ1v) is 9.97. The van der Waals surface area contributed by atoms with Crippen LogP contribution in [-0.2, 0) is 4.79 Å². The summed E-state index contributed by atoms with van der Waals surface area (Å²) in [7, 11) is 0. The van der Waals surface area contributed by atoms with Gasteiger partial charge in [-0.05, 0) is 5.56 Å². The number of carbonyl (C=O) groups is 1. The summed E-state index contributed by atoms with van der Waals surface area (Å²) in [5.74, 6) is -0.446. The first-order valence-electron chi connectivity index (χ1n) is 9.09. The topological polar surface area (TPSA) is 81.8 Å². The predicted octanol–water partition coefficient (Wildman–Crippen LogP) is 4.52. The summed E-state index contributed by atoms with van der Waals surface area (Å²) in [6.07, 6.45) is 0. The molecule has 2 N–H and O–H groups in total. The number of aromatic nitrogens is 3. The number of nitrogens with zero attached hydrogens (tertiary/aromatic N) is 3. The maximum absolute atomic E-state index is 12.1. The summed E-state index contributed by atoms with van der Waals surface area (Å²) < 4.78 is 0. The van der Waals surface area contributed by atoms with E-state index in [1.54, 1.807) is 0 Å². The number of rotatable bonds is 6. The van der Waals surface area contributed by atoms with E-state index in [1.165, 1.54) is 11.8 Å². The van der Waals surface area contributed by atoms with Crippen LogP contribution >= 0.6 is 11.8 Å². The van der Waals surface area contributed by atoms with E-state index in [4.69, 9.17) is 10.7 Å². The quantitative estimate of drug-likeness (QED) is 0.483. The van der Waals surface area contributed by atoms with E-state index in [0.29, 0.717) is 16.5 Å². The van der Waals surface area contributed by atoms with Crippen LogP contribution < -0.4 is 5.73 Å². The fraction of sp³-hybridized carbons (Fsp3) is 0.0435. The highest BCUT2D eigenvalue weighted by atomic mass is 32.2. The number of thioether (sulfide) groups is 1. The van der Waals surface area contributed by atoms with Crippen molar-refractivity contribution in [1.82, 2.24) is 15.2 Å². The van der Waals surface area contributed by atoms with Crippen molar-refractivity contribution in [3.63, 3.8) is 0 Å². The number of primary amides is 1. The molecule has 0 saturated heterocycles. The molecule has 6 heteroatoms. The normalized spacial score (nSPS) is 11.7. The van der Waals surface area contributed by atoms with Crippen LogP contribution in [0.5, 0.6) is 0 Å². The second-order valence-corrected chi connectivity index (χ2v) is 7.41. The van der Waals surface area contributed by atoms with E-state index in [1.807, 2.05) is 91.0 Å². The van der Waals surface area contributed by atoms with Gasteiger partial charge in [0.25, 0.3) is 0 Å². The molecule has 0 unspecified atom stereocenters. The lowest BCUT2D eigenvalue weighted by Crippen LogP contribution is -2.19. The van der Waals surface area contributed by atoms with Crippen LogP contribution in [0.25, 0.3) is 22.5 Å². The van der Waals surface area contributed by atoms with Gasteiger partial charge < -0.3 is 5.73 Å². The second kappa shape index (κ2) is 8.67.